The molecular weight excluding hydrogens is 226 g/mol. The van der Waals surface area contributed by atoms with Gasteiger partial charge in [-0.1, -0.05) is 18.7 Å². The number of nitrogen functional groups attached to an aromatic ring is 1. The summed E-state index contributed by atoms with van der Waals surface area (Å²) >= 11 is 1.41. The van der Waals surface area contributed by atoms with E-state index in [-0.39, 0.29) is 12.6 Å². The number of carbonyl (C=O) groups excluding carboxylic acids is 1. The summed E-state index contributed by atoms with van der Waals surface area (Å²) in [6.45, 7) is 2.06. The Balaban J connectivity index is 2.57. The highest BCUT2D eigenvalue weighted by molar-refractivity contribution is 7.98. The fourth-order valence-electron chi connectivity index (χ4n) is 1.05. The van der Waals surface area contributed by atoms with Gasteiger partial charge in [-0.05, 0) is 12.7 Å². The van der Waals surface area contributed by atoms with Crippen molar-refractivity contribution < 1.29 is 9.53 Å². The van der Waals surface area contributed by atoms with Crippen molar-refractivity contribution >= 4 is 23.5 Å². The Kier molecular flexibility index (Phi) is 5.04. The van der Waals surface area contributed by atoms with E-state index in [1.807, 2.05) is 13.2 Å². The van der Waals surface area contributed by atoms with Crippen LogP contribution in [0.4, 0.5) is 5.82 Å². The maximum atomic E-state index is 11.1. The molecule has 0 aliphatic carbocycles. The van der Waals surface area contributed by atoms with Crippen molar-refractivity contribution in [1.29, 1.82) is 0 Å². The van der Waals surface area contributed by atoms with Gasteiger partial charge in [-0.2, -0.15) is 0 Å². The van der Waals surface area contributed by atoms with Gasteiger partial charge in [0, 0.05) is 12.6 Å². The lowest BCUT2D eigenvalue weighted by molar-refractivity contribution is -0.144. The Morgan fingerprint density at radius 1 is 1.62 bits per heavy atom. The van der Waals surface area contributed by atoms with Crippen molar-refractivity contribution in [2.75, 3.05) is 12.0 Å². The third-order valence-electron chi connectivity index (χ3n) is 1.90. The zero-order chi connectivity index (χ0) is 12.0. The van der Waals surface area contributed by atoms with Gasteiger partial charge in [-0.15, -0.1) is 0 Å². The number of carbonyl (C=O) groups is 1. The Bertz CT molecular complexity index is 371. The molecule has 0 saturated heterocycles. The van der Waals surface area contributed by atoms with Gasteiger partial charge in [-0.25, -0.2) is 9.97 Å². The average Bonchev–Trinajstić information content (AvgIpc) is 2.27. The van der Waals surface area contributed by atoms with Gasteiger partial charge in [0.2, 0.25) is 0 Å². The molecule has 6 heteroatoms. The van der Waals surface area contributed by atoms with Gasteiger partial charge in [-0.3, -0.25) is 4.79 Å². The molecule has 0 bridgehead atoms. The van der Waals surface area contributed by atoms with Crippen LogP contribution in [-0.4, -0.2) is 22.2 Å². The molecule has 0 radical (unpaired) electrons. The van der Waals surface area contributed by atoms with Crippen molar-refractivity contribution in [1.82, 2.24) is 9.97 Å². The minimum absolute atomic E-state index is 0.138. The third kappa shape index (κ3) is 3.69. The molecule has 0 amide bonds. The predicted molar refractivity (Wildman–Crippen MR) is 62.9 cm³/mol. The van der Waals surface area contributed by atoms with Crippen LogP contribution in [0.25, 0.3) is 0 Å². The molecule has 88 valence electrons. The summed E-state index contributed by atoms with van der Waals surface area (Å²) in [4.78, 5) is 19.3. The van der Waals surface area contributed by atoms with E-state index in [9.17, 15) is 4.79 Å². The third-order valence-corrected chi connectivity index (χ3v) is 2.46. The van der Waals surface area contributed by atoms with E-state index in [1.165, 1.54) is 11.8 Å². The standard InChI is InChI=1S/C10H15N3O2S/c1-3-4-8(14)15-6-7-5-12-10(16-2)13-9(7)11/h5H,3-4,6H2,1-2H3,(H2,11,12,13). The van der Waals surface area contributed by atoms with Crippen LogP contribution in [0.5, 0.6) is 0 Å². The van der Waals surface area contributed by atoms with Gasteiger partial charge in [0.15, 0.2) is 5.16 Å². The summed E-state index contributed by atoms with van der Waals surface area (Å²) in [5, 5.41) is 0.612. The Morgan fingerprint density at radius 2 is 2.38 bits per heavy atom. The SMILES string of the molecule is CCCC(=O)OCc1cnc(SC)nc1N. The van der Waals surface area contributed by atoms with E-state index < -0.39 is 0 Å². The van der Waals surface area contributed by atoms with Gasteiger partial charge >= 0.3 is 5.97 Å². The zero-order valence-corrected chi connectivity index (χ0v) is 10.2. The molecule has 0 fully saturated rings. The number of ether oxygens (including phenoxy) is 1. The van der Waals surface area contributed by atoms with Gasteiger partial charge in [0.05, 0.1) is 5.56 Å². The van der Waals surface area contributed by atoms with Crippen molar-refractivity contribution in [3.05, 3.63) is 11.8 Å². The van der Waals surface area contributed by atoms with Crippen molar-refractivity contribution in [2.45, 2.75) is 31.5 Å². The highest BCUT2D eigenvalue weighted by Crippen LogP contribution is 2.14. The molecule has 0 saturated carbocycles. The van der Waals surface area contributed by atoms with Crippen LogP contribution < -0.4 is 5.73 Å². The predicted octanol–water partition coefficient (Wildman–Crippen LogP) is 1.62. The first-order chi connectivity index (χ1) is 7.67. The maximum Gasteiger partial charge on any atom is 0.306 e. The van der Waals surface area contributed by atoms with Gasteiger partial charge < -0.3 is 10.5 Å². The molecular formula is C10H15N3O2S. The van der Waals surface area contributed by atoms with Crippen LogP contribution in [0.15, 0.2) is 11.4 Å². The molecule has 5 nitrogen and oxygen atoms in total. The number of hydrogen-bond acceptors (Lipinski definition) is 6. The molecule has 1 heterocycles. The number of thioether (sulfide) groups is 1. The highest BCUT2D eigenvalue weighted by Gasteiger charge is 2.06. The van der Waals surface area contributed by atoms with Crippen LogP contribution in [0.1, 0.15) is 25.3 Å². The number of aromatic nitrogens is 2. The first kappa shape index (κ1) is 12.8. The molecule has 0 aliphatic rings. The molecule has 2 N–H and O–H groups in total. The number of nitrogens with two attached hydrogens (primary N) is 1. The number of rotatable bonds is 5. The lowest BCUT2D eigenvalue weighted by Crippen LogP contribution is -2.07. The second-order valence-electron chi connectivity index (χ2n) is 3.18. The first-order valence-electron chi connectivity index (χ1n) is 4.98. The minimum Gasteiger partial charge on any atom is -0.461 e. The molecule has 1 aromatic rings. The molecule has 16 heavy (non-hydrogen) atoms. The Hall–Kier alpha value is -1.30. The summed E-state index contributed by atoms with van der Waals surface area (Å²) in [5.41, 5.74) is 6.34. The second kappa shape index (κ2) is 6.32. The topological polar surface area (TPSA) is 78.1 Å². The van der Waals surface area contributed by atoms with Crippen LogP contribution in [-0.2, 0) is 16.1 Å². The molecule has 1 aromatic heterocycles. The fraction of sp³-hybridized carbons (Fsp3) is 0.500. The molecule has 0 aliphatic heterocycles. The monoisotopic (exact) mass is 241 g/mol. The van der Waals surface area contributed by atoms with Gasteiger partial charge in [0.25, 0.3) is 0 Å². The van der Waals surface area contributed by atoms with Crippen molar-refractivity contribution in [2.24, 2.45) is 0 Å². The molecule has 0 aromatic carbocycles. The van der Waals surface area contributed by atoms with E-state index in [0.717, 1.165) is 6.42 Å². The van der Waals surface area contributed by atoms with E-state index in [0.29, 0.717) is 23.0 Å². The second-order valence-corrected chi connectivity index (χ2v) is 3.95. The quantitative estimate of drug-likeness (QED) is 0.479. The van der Waals surface area contributed by atoms with Gasteiger partial charge in [0.1, 0.15) is 12.4 Å². The van der Waals surface area contributed by atoms with Crippen LogP contribution in [0.2, 0.25) is 0 Å². The minimum atomic E-state index is -0.226. The lowest BCUT2D eigenvalue weighted by Gasteiger charge is -2.06. The number of hydrogen-bond donors (Lipinski definition) is 1. The van der Waals surface area contributed by atoms with E-state index >= 15 is 0 Å². The molecule has 1 rings (SSSR count). The first-order valence-corrected chi connectivity index (χ1v) is 6.20. The summed E-state index contributed by atoms with van der Waals surface area (Å²) in [6.07, 6.45) is 4.66. The van der Waals surface area contributed by atoms with Crippen LogP contribution in [0.3, 0.4) is 0 Å². The lowest BCUT2D eigenvalue weighted by atomic mass is 10.3. The summed E-state index contributed by atoms with van der Waals surface area (Å²) < 4.78 is 5.02. The summed E-state index contributed by atoms with van der Waals surface area (Å²) in [5.74, 6) is 0.138. The largest absolute Gasteiger partial charge is 0.461 e. The molecule has 0 spiro atoms. The smallest absolute Gasteiger partial charge is 0.306 e. The highest BCUT2D eigenvalue weighted by atomic mass is 32.2. The average molecular weight is 241 g/mol. The van der Waals surface area contributed by atoms with Crippen LogP contribution >= 0.6 is 11.8 Å². The fourth-order valence-corrected chi connectivity index (χ4v) is 1.39. The summed E-state index contributed by atoms with van der Waals surface area (Å²) in [7, 11) is 0. The van der Waals surface area contributed by atoms with Crippen molar-refractivity contribution in [3.63, 3.8) is 0 Å². The van der Waals surface area contributed by atoms with Crippen molar-refractivity contribution in [3.8, 4) is 0 Å². The Morgan fingerprint density at radius 3 is 2.94 bits per heavy atom. The van der Waals surface area contributed by atoms with E-state index in [1.54, 1.807) is 6.20 Å². The van der Waals surface area contributed by atoms with E-state index in [4.69, 9.17) is 10.5 Å². The summed E-state index contributed by atoms with van der Waals surface area (Å²) in [6, 6.07) is 0. The Labute approximate surface area is 98.8 Å². The molecule has 0 atom stereocenters. The molecule has 0 unspecified atom stereocenters. The normalized spacial score (nSPS) is 10.1. The van der Waals surface area contributed by atoms with Crippen LogP contribution in [0, 0.1) is 0 Å². The zero-order valence-electron chi connectivity index (χ0n) is 9.40. The number of esters is 1. The number of anilines is 1. The maximum absolute atomic E-state index is 11.1. The van der Waals surface area contributed by atoms with E-state index in [2.05, 4.69) is 9.97 Å². The number of nitrogens with zero attached hydrogens (tertiary/aromatic N) is 2.